The fraction of sp³-hybridized carbons (Fsp3) is 0.643. The molecule has 0 spiro atoms. The molecule has 100 valence electrons. The molecule has 1 saturated heterocycles. The summed E-state index contributed by atoms with van der Waals surface area (Å²) in [6.45, 7) is 4.03. The van der Waals surface area contributed by atoms with Gasteiger partial charge in [-0.25, -0.2) is 0 Å². The van der Waals surface area contributed by atoms with Crippen molar-refractivity contribution in [3.05, 3.63) is 22.4 Å². The van der Waals surface area contributed by atoms with Gasteiger partial charge in [-0.15, -0.1) is 11.3 Å². The number of nitrogens with zero attached hydrogens (tertiary/aromatic N) is 1. The highest BCUT2D eigenvalue weighted by Gasteiger charge is 2.26. The van der Waals surface area contributed by atoms with Crippen molar-refractivity contribution in [1.82, 2.24) is 10.2 Å². The van der Waals surface area contributed by atoms with Gasteiger partial charge >= 0.3 is 0 Å². The van der Waals surface area contributed by atoms with E-state index in [1.54, 1.807) is 11.3 Å². The van der Waals surface area contributed by atoms with Crippen LogP contribution in [0.1, 0.15) is 24.6 Å². The van der Waals surface area contributed by atoms with Gasteiger partial charge in [-0.1, -0.05) is 6.07 Å². The second kappa shape index (κ2) is 6.34. The molecule has 3 nitrogen and oxygen atoms in total. The molecule has 18 heavy (non-hydrogen) atoms. The van der Waals surface area contributed by atoms with Gasteiger partial charge in [0.15, 0.2) is 0 Å². The minimum atomic E-state index is 0.175. The van der Waals surface area contributed by atoms with E-state index in [0.717, 1.165) is 32.4 Å². The molecule has 0 aliphatic carbocycles. The molecule has 1 N–H and O–H groups in total. The molecule has 1 unspecified atom stereocenters. The minimum absolute atomic E-state index is 0.175. The van der Waals surface area contributed by atoms with E-state index in [1.165, 1.54) is 4.88 Å². The van der Waals surface area contributed by atoms with Gasteiger partial charge in [0.25, 0.3) is 0 Å². The summed E-state index contributed by atoms with van der Waals surface area (Å²) in [5.41, 5.74) is 0. The number of carbonyl (C=O) groups excluding carboxylic acids is 1. The smallest absolute Gasteiger partial charge is 0.226 e. The van der Waals surface area contributed by atoms with Gasteiger partial charge < -0.3 is 10.2 Å². The summed E-state index contributed by atoms with van der Waals surface area (Å²) in [4.78, 5) is 15.6. The standard InChI is InChI=1S/C14H22N2OS/c1-11(9-13-6-4-8-18-13)16(2)14(17)12-5-3-7-15-10-12/h4,6,8,11-12,15H,3,5,7,9-10H2,1-2H3/t11?,12-/m0/s1. The Morgan fingerprint density at radius 3 is 3.11 bits per heavy atom. The fourth-order valence-corrected chi connectivity index (χ4v) is 3.25. The molecule has 1 aliphatic rings. The number of hydrogen-bond acceptors (Lipinski definition) is 3. The second-order valence-electron chi connectivity index (χ2n) is 5.12. The van der Waals surface area contributed by atoms with E-state index in [9.17, 15) is 4.79 Å². The Hall–Kier alpha value is -0.870. The summed E-state index contributed by atoms with van der Waals surface area (Å²) in [6, 6.07) is 4.49. The maximum atomic E-state index is 12.4. The average molecular weight is 266 g/mol. The summed E-state index contributed by atoms with van der Waals surface area (Å²) >= 11 is 1.77. The third kappa shape index (κ3) is 3.33. The highest BCUT2D eigenvalue weighted by atomic mass is 32.1. The van der Waals surface area contributed by atoms with E-state index in [2.05, 4.69) is 29.8 Å². The van der Waals surface area contributed by atoms with Gasteiger partial charge in [0, 0.05) is 30.9 Å². The molecule has 0 radical (unpaired) electrons. The van der Waals surface area contributed by atoms with Crippen molar-refractivity contribution in [3.8, 4) is 0 Å². The zero-order valence-electron chi connectivity index (χ0n) is 11.2. The first-order chi connectivity index (χ1) is 8.68. The van der Waals surface area contributed by atoms with E-state index < -0.39 is 0 Å². The molecule has 2 rings (SSSR count). The molecule has 2 atom stereocenters. The maximum Gasteiger partial charge on any atom is 0.226 e. The Morgan fingerprint density at radius 2 is 2.50 bits per heavy atom. The Labute approximate surface area is 113 Å². The Kier molecular flexibility index (Phi) is 4.78. The van der Waals surface area contributed by atoms with Crippen LogP contribution in [0, 0.1) is 5.92 Å². The predicted octanol–water partition coefficient (Wildman–Crippen LogP) is 2.14. The van der Waals surface area contributed by atoms with Crippen molar-refractivity contribution < 1.29 is 4.79 Å². The van der Waals surface area contributed by atoms with Crippen LogP contribution in [0.3, 0.4) is 0 Å². The van der Waals surface area contributed by atoms with E-state index in [0.29, 0.717) is 5.91 Å². The van der Waals surface area contributed by atoms with E-state index in [1.807, 2.05) is 11.9 Å². The normalized spacial score (nSPS) is 21.6. The molecule has 4 heteroatoms. The third-order valence-electron chi connectivity index (χ3n) is 3.73. The summed E-state index contributed by atoms with van der Waals surface area (Å²) in [7, 11) is 1.94. The molecule has 0 saturated carbocycles. The van der Waals surface area contributed by atoms with Crippen LogP contribution in [0.2, 0.25) is 0 Å². The lowest BCUT2D eigenvalue weighted by Crippen LogP contribution is -2.45. The van der Waals surface area contributed by atoms with Crippen LogP contribution in [0.25, 0.3) is 0 Å². The van der Waals surface area contributed by atoms with Crippen LogP contribution in [0.15, 0.2) is 17.5 Å². The van der Waals surface area contributed by atoms with Gasteiger partial charge in [0.1, 0.15) is 0 Å². The van der Waals surface area contributed by atoms with Crippen LogP contribution in [0.4, 0.5) is 0 Å². The topological polar surface area (TPSA) is 32.3 Å². The Bertz CT molecular complexity index is 371. The summed E-state index contributed by atoms with van der Waals surface area (Å²) in [5.74, 6) is 0.473. The van der Waals surface area contributed by atoms with Crippen LogP contribution >= 0.6 is 11.3 Å². The van der Waals surface area contributed by atoms with E-state index in [4.69, 9.17) is 0 Å². The number of thiophene rings is 1. The van der Waals surface area contributed by atoms with Gasteiger partial charge in [-0.05, 0) is 37.8 Å². The lowest BCUT2D eigenvalue weighted by molar-refractivity contribution is -0.136. The molecule has 2 heterocycles. The summed E-state index contributed by atoms with van der Waals surface area (Å²) < 4.78 is 0. The molecule has 1 aromatic heterocycles. The number of nitrogens with one attached hydrogen (secondary N) is 1. The van der Waals surface area contributed by atoms with Crippen molar-refractivity contribution in [3.63, 3.8) is 0 Å². The first-order valence-electron chi connectivity index (χ1n) is 6.68. The molecule has 1 amide bonds. The molecular weight excluding hydrogens is 244 g/mol. The highest BCUT2D eigenvalue weighted by Crippen LogP contribution is 2.17. The summed E-state index contributed by atoms with van der Waals surface area (Å²) in [6.07, 6.45) is 3.10. The average Bonchev–Trinajstić information content (AvgIpc) is 2.91. The van der Waals surface area contributed by atoms with Gasteiger partial charge in [-0.3, -0.25) is 4.79 Å². The minimum Gasteiger partial charge on any atom is -0.342 e. The lowest BCUT2D eigenvalue weighted by atomic mass is 9.97. The molecule has 1 aliphatic heterocycles. The predicted molar refractivity (Wildman–Crippen MR) is 75.8 cm³/mol. The van der Waals surface area contributed by atoms with Gasteiger partial charge in [-0.2, -0.15) is 0 Å². The van der Waals surface area contributed by atoms with Crippen molar-refractivity contribution >= 4 is 17.2 Å². The van der Waals surface area contributed by atoms with Gasteiger partial charge in [0.05, 0.1) is 5.92 Å². The number of amides is 1. The van der Waals surface area contributed by atoms with Crippen molar-refractivity contribution in [2.45, 2.75) is 32.2 Å². The molecule has 1 aromatic rings. The molecule has 1 fully saturated rings. The first kappa shape index (κ1) is 13.6. The zero-order valence-corrected chi connectivity index (χ0v) is 12.0. The lowest BCUT2D eigenvalue weighted by Gasteiger charge is -2.31. The van der Waals surface area contributed by atoms with Crippen LogP contribution in [0.5, 0.6) is 0 Å². The fourth-order valence-electron chi connectivity index (χ4n) is 2.42. The van der Waals surface area contributed by atoms with Crippen molar-refractivity contribution in [2.75, 3.05) is 20.1 Å². The highest BCUT2D eigenvalue weighted by molar-refractivity contribution is 7.09. The van der Waals surface area contributed by atoms with Crippen LogP contribution < -0.4 is 5.32 Å². The van der Waals surface area contributed by atoms with Crippen molar-refractivity contribution in [1.29, 1.82) is 0 Å². The number of piperidine rings is 1. The number of hydrogen-bond donors (Lipinski definition) is 1. The van der Waals surface area contributed by atoms with Crippen molar-refractivity contribution in [2.24, 2.45) is 5.92 Å². The first-order valence-corrected chi connectivity index (χ1v) is 7.56. The summed E-state index contributed by atoms with van der Waals surface area (Å²) in [5, 5.41) is 5.40. The Balaban J connectivity index is 1.88. The Morgan fingerprint density at radius 1 is 1.67 bits per heavy atom. The second-order valence-corrected chi connectivity index (χ2v) is 6.16. The monoisotopic (exact) mass is 266 g/mol. The largest absolute Gasteiger partial charge is 0.342 e. The zero-order chi connectivity index (χ0) is 13.0. The number of rotatable bonds is 4. The molecule has 0 aromatic carbocycles. The third-order valence-corrected chi connectivity index (χ3v) is 4.63. The van der Waals surface area contributed by atoms with Gasteiger partial charge in [0.2, 0.25) is 5.91 Å². The number of carbonyl (C=O) groups is 1. The van der Waals surface area contributed by atoms with Crippen LogP contribution in [-0.4, -0.2) is 37.0 Å². The molecular formula is C14H22N2OS. The van der Waals surface area contributed by atoms with Crippen LogP contribution in [-0.2, 0) is 11.2 Å². The number of likely N-dealkylation sites (N-methyl/N-ethyl adjacent to an activating group) is 1. The quantitative estimate of drug-likeness (QED) is 0.905. The SMILES string of the molecule is CC(Cc1cccs1)N(C)C(=O)[C@H]1CCCNC1. The maximum absolute atomic E-state index is 12.4. The molecule has 0 bridgehead atoms. The van der Waals surface area contributed by atoms with E-state index in [-0.39, 0.29) is 12.0 Å². The van der Waals surface area contributed by atoms with E-state index >= 15 is 0 Å².